The predicted molar refractivity (Wildman–Crippen MR) is 55.9 cm³/mol. The van der Waals surface area contributed by atoms with Crippen LogP contribution in [-0.4, -0.2) is 75.8 Å². The van der Waals surface area contributed by atoms with Gasteiger partial charge in [-0.2, -0.15) is 5.01 Å². The summed E-state index contributed by atoms with van der Waals surface area (Å²) in [6.45, 7) is -0.605. The number of carbonyl (C=O) groups is 1. The van der Waals surface area contributed by atoms with Crippen molar-refractivity contribution in [2.45, 2.75) is 30.6 Å². The van der Waals surface area contributed by atoms with Crippen LogP contribution in [0.25, 0.3) is 0 Å². The molecule has 0 aromatic carbocycles. The smallest absolute Gasteiger partial charge is 0.340 e. The van der Waals surface area contributed by atoms with Gasteiger partial charge in [0.2, 0.25) is 0 Å². The van der Waals surface area contributed by atoms with Crippen LogP contribution in [0.5, 0.6) is 0 Å². The molecule has 0 saturated carbocycles. The number of aliphatic hydroxyl groups excluding tert-OH is 4. The Kier molecular flexibility index (Phi) is 4.93. The number of urea groups is 1. The summed E-state index contributed by atoms with van der Waals surface area (Å²) < 4.78 is 4.80. The molecule has 2 unspecified atom stereocenters. The number of nitrogens with one attached hydrogen (secondary N) is 1. The van der Waals surface area contributed by atoms with Crippen LogP contribution in [0, 0.1) is 4.91 Å². The number of amides is 2. The van der Waals surface area contributed by atoms with Crippen LogP contribution in [0.2, 0.25) is 0 Å². The third kappa shape index (κ3) is 2.91. The molecule has 0 spiro atoms. The summed E-state index contributed by atoms with van der Waals surface area (Å²) in [4.78, 5) is 21.4. The van der Waals surface area contributed by atoms with Gasteiger partial charge in [-0.3, -0.25) is 0 Å². The van der Waals surface area contributed by atoms with E-state index in [-0.39, 0.29) is 0 Å². The van der Waals surface area contributed by atoms with Crippen molar-refractivity contribution in [3.05, 3.63) is 4.91 Å². The first-order valence-corrected chi connectivity index (χ1v) is 5.10. The fourth-order valence-corrected chi connectivity index (χ4v) is 1.53. The third-order valence-electron chi connectivity index (χ3n) is 2.61. The SMILES string of the molecule is CN(N=O)C(=O)NC1[C@H](O)OC(CO)[C@H](O)[C@@H]1O. The Morgan fingerprint density at radius 1 is 1.39 bits per heavy atom. The van der Waals surface area contributed by atoms with Gasteiger partial charge in [-0.05, 0) is 0 Å². The fourth-order valence-electron chi connectivity index (χ4n) is 1.53. The molecule has 1 aliphatic heterocycles. The van der Waals surface area contributed by atoms with E-state index in [2.05, 4.69) is 10.6 Å². The lowest BCUT2D eigenvalue weighted by Crippen LogP contribution is -2.64. The Hall–Kier alpha value is -1.33. The van der Waals surface area contributed by atoms with Crippen molar-refractivity contribution in [2.24, 2.45) is 5.29 Å². The zero-order valence-corrected chi connectivity index (χ0v) is 9.50. The van der Waals surface area contributed by atoms with Crippen LogP contribution in [0.15, 0.2) is 5.29 Å². The van der Waals surface area contributed by atoms with E-state index in [0.717, 1.165) is 7.05 Å². The van der Waals surface area contributed by atoms with Gasteiger partial charge in [0.1, 0.15) is 24.4 Å². The van der Waals surface area contributed by atoms with E-state index < -0.39 is 43.3 Å². The number of hydrogen-bond acceptors (Lipinski definition) is 8. The molecule has 0 aromatic rings. The molecule has 10 heteroatoms. The zero-order chi connectivity index (χ0) is 13.9. The van der Waals surface area contributed by atoms with Crippen LogP contribution in [0.3, 0.4) is 0 Å². The normalized spacial score (nSPS) is 35.9. The number of hydrogen-bond donors (Lipinski definition) is 5. The van der Waals surface area contributed by atoms with Gasteiger partial charge >= 0.3 is 6.03 Å². The molecule has 1 rings (SSSR count). The van der Waals surface area contributed by atoms with Gasteiger partial charge in [-0.1, -0.05) is 0 Å². The Labute approximate surface area is 102 Å². The van der Waals surface area contributed by atoms with E-state index in [1.54, 1.807) is 0 Å². The average molecular weight is 265 g/mol. The fraction of sp³-hybridized carbons (Fsp3) is 0.875. The molecular formula is C8H15N3O7. The predicted octanol–water partition coefficient (Wildman–Crippen LogP) is -2.89. The summed E-state index contributed by atoms with van der Waals surface area (Å²) >= 11 is 0. The number of nitrogens with zero attached hydrogens (tertiary/aromatic N) is 2. The van der Waals surface area contributed by atoms with Gasteiger partial charge in [0, 0.05) is 7.05 Å². The molecule has 10 nitrogen and oxygen atoms in total. The molecule has 18 heavy (non-hydrogen) atoms. The maximum absolute atomic E-state index is 11.3. The van der Waals surface area contributed by atoms with Crippen molar-refractivity contribution in [3.8, 4) is 0 Å². The second-order valence-corrected chi connectivity index (χ2v) is 3.81. The molecule has 1 heterocycles. The maximum atomic E-state index is 11.3. The Morgan fingerprint density at radius 2 is 2.00 bits per heavy atom. The molecular weight excluding hydrogens is 250 g/mol. The minimum atomic E-state index is -1.63. The molecule has 0 radical (unpaired) electrons. The summed E-state index contributed by atoms with van der Waals surface area (Å²) in [5.41, 5.74) is 0. The minimum Gasteiger partial charge on any atom is -0.394 e. The molecule has 104 valence electrons. The molecule has 1 saturated heterocycles. The van der Waals surface area contributed by atoms with E-state index in [1.807, 2.05) is 0 Å². The zero-order valence-electron chi connectivity index (χ0n) is 9.50. The average Bonchev–Trinajstić information content (AvgIpc) is 2.37. The second kappa shape index (κ2) is 6.02. The first-order valence-electron chi connectivity index (χ1n) is 5.10. The third-order valence-corrected chi connectivity index (χ3v) is 2.61. The van der Waals surface area contributed by atoms with E-state index in [1.165, 1.54) is 0 Å². The summed E-state index contributed by atoms with van der Waals surface area (Å²) in [7, 11) is 1.07. The number of rotatable bonds is 3. The van der Waals surface area contributed by atoms with Crippen molar-refractivity contribution in [3.63, 3.8) is 0 Å². The van der Waals surface area contributed by atoms with E-state index >= 15 is 0 Å². The van der Waals surface area contributed by atoms with Gasteiger partial charge in [0.15, 0.2) is 6.29 Å². The standard InChI is InChI=1S/C8H15N3O7/c1-11(10-17)8(16)9-4-6(14)5(13)3(2-12)18-7(4)15/h3-7,12-15H,2H2,1H3,(H,9,16)/t3?,4?,5-,6+,7+/m0/s1. The molecule has 5 N–H and O–H groups in total. The van der Waals surface area contributed by atoms with Gasteiger partial charge in [-0.15, -0.1) is 4.91 Å². The van der Waals surface area contributed by atoms with Gasteiger partial charge in [0.25, 0.3) is 0 Å². The van der Waals surface area contributed by atoms with Crippen LogP contribution in [0.4, 0.5) is 4.79 Å². The number of aliphatic hydroxyl groups is 4. The van der Waals surface area contributed by atoms with Crippen molar-refractivity contribution in [1.82, 2.24) is 10.3 Å². The van der Waals surface area contributed by atoms with Crippen molar-refractivity contribution < 1.29 is 30.0 Å². The Morgan fingerprint density at radius 3 is 2.50 bits per heavy atom. The summed E-state index contributed by atoms with van der Waals surface area (Å²) in [6, 6.07) is -2.33. The number of carbonyl (C=O) groups excluding carboxylic acids is 1. The lowest BCUT2D eigenvalue weighted by molar-refractivity contribution is -0.252. The van der Waals surface area contributed by atoms with E-state index in [0.29, 0.717) is 5.01 Å². The lowest BCUT2D eigenvalue weighted by atomic mass is 9.97. The summed E-state index contributed by atoms with van der Waals surface area (Å²) in [5, 5.41) is 42.4. The molecule has 0 aliphatic carbocycles. The highest BCUT2D eigenvalue weighted by Gasteiger charge is 2.44. The molecule has 1 aliphatic rings. The largest absolute Gasteiger partial charge is 0.394 e. The van der Waals surface area contributed by atoms with E-state index in [9.17, 15) is 25.0 Å². The summed E-state index contributed by atoms with van der Waals surface area (Å²) in [5.74, 6) is 0. The first-order chi connectivity index (χ1) is 8.42. The highest BCUT2D eigenvalue weighted by Crippen LogP contribution is 2.19. The van der Waals surface area contributed by atoms with Crippen molar-refractivity contribution in [2.75, 3.05) is 13.7 Å². The van der Waals surface area contributed by atoms with Crippen LogP contribution in [-0.2, 0) is 4.74 Å². The monoisotopic (exact) mass is 265 g/mol. The molecule has 0 aromatic heterocycles. The van der Waals surface area contributed by atoms with Crippen LogP contribution < -0.4 is 5.32 Å². The lowest BCUT2D eigenvalue weighted by Gasteiger charge is -2.40. The second-order valence-electron chi connectivity index (χ2n) is 3.81. The topological polar surface area (TPSA) is 152 Å². The maximum Gasteiger partial charge on any atom is 0.340 e. The number of ether oxygens (including phenoxy) is 1. The van der Waals surface area contributed by atoms with Crippen LogP contribution >= 0.6 is 0 Å². The molecule has 5 atom stereocenters. The van der Waals surface area contributed by atoms with Gasteiger partial charge in [-0.25, -0.2) is 4.79 Å². The quantitative estimate of drug-likeness (QED) is 0.271. The van der Waals surface area contributed by atoms with Gasteiger partial charge < -0.3 is 30.5 Å². The van der Waals surface area contributed by atoms with Crippen molar-refractivity contribution >= 4 is 6.03 Å². The highest BCUT2D eigenvalue weighted by molar-refractivity contribution is 5.73. The highest BCUT2D eigenvalue weighted by atomic mass is 16.6. The molecule has 0 bridgehead atoms. The van der Waals surface area contributed by atoms with Gasteiger partial charge in [0.05, 0.1) is 11.9 Å². The van der Waals surface area contributed by atoms with Crippen molar-refractivity contribution in [1.29, 1.82) is 0 Å². The minimum absolute atomic E-state index is 0.407. The van der Waals surface area contributed by atoms with E-state index in [4.69, 9.17) is 9.84 Å². The first kappa shape index (κ1) is 14.7. The summed E-state index contributed by atoms with van der Waals surface area (Å²) in [6.07, 6.45) is -5.84. The number of nitroso groups, excluding NO2 is 1. The Bertz CT molecular complexity index is 315. The Balaban J connectivity index is 2.71. The molecule has 2 amide bonds. The molecule has 1 fully saturated rings. The van der Waals surface area contributed by atoms with Crippen LogP contribution in [0.1, 0.15) is 0 Å².